The molecule has 2 aliphatic heterocycles. The Balaban J connectivity index is 1.50. The predicted octanol–water partition coefficient (Wildman–Crippen LogP) is 2.74. The molecule has 1 aromatic carbocycles. The third-order valence-corrected chi connectivity index (χ3v) is 6.28. The van der Waals surface area contributed by atoms with E-state index in [1.54, 1.807) is 0 Å². The van der Waals surface area contributed by atoms with Crippen LogP contribution in [0.25, 0.3) is 0 Å². The van der Waals surface area contributed by atoms with Crippen molar-refractivity contribution in [2.75, 3.05) is 47.3 Å². The number of hydrogen-bond donors (Lipinski definition) is 0. The summed E-state index contributed by atoms with van der Waals surface area (Å²) < 4.78 is 0. The molecule has 0 radical (unpaired) electrons. The quantitative estimate of drug-likeness (QED) is 0.829. The highest BCUT2D eigenvalue weighted by Crippen LogP contribution is 2.25. The van der Waals surface area contributed by atoms with Crippen molar-refractivity contribution in [2.24, 2.45) is 11.8 Å². The van der Waals surface area contributed by atoms with Crippen LogP contribution in [0.3, 0.4) is 0 Å². The van der Waals surface area contributed by atoms with E-state index in [1.807, 2.05) is 0 Å². The Bertz CT molecular complexity index is 566. The van der Waals surface area contributed by atoms with Gasteiger partial charge in [0.25, 0.3) is 0 Å². The minimum atomic E-state index is 0.177. The summed E-state index contributed by atoms with van der Waals surface area (Å²) in [5.41, 5.74) is 1.43. The first-order chi connectivity index (χ1) is 12.5. The molecule has 2 fully saturated rings. The molecule has 3 rings (SSSR count). The highest BCUT2D eigenvalue weighted by atomic mass is 16.2. The van der Waals surface area contributed by atoms with Crippen LogP contribution < -0.4 is 0 Å². The second-order valence-corrected chi connectivity index (χ2v) is 8.57. The fourth-order valence-electron chi connectivity index (χ4n) is 4.57. The van der Waals surface area contributed by atoms with E-state index in [2.05, 4.69) is 66.2 Å². The number of benzene rings is 1. The maximum absolute atomic E-state index is 13.1. The molecule has 2 heterocycles. The molecule has 2 saturated heterocycles. The Morgan fingerprint density at radius 3 is 2.38 bits per heavy atom. The van der Waals surface area contributed by atoms with Crippen LogP contribution in [0.2, 0.25) is 0 Å². The van der Waals surface area contributed by atoms with Crippen LogP contribution in [0, 0.1) is 11.8 Å². The molecule has 1 amide bonds. The lowest BCUT2D eigenvalue weighted by Gasteiger charge is -2.34. The van der Waals surface area contributed by atoms with Crippen LogP contribution in [0.5, 0.6) is 0 Å². The molecule has 4 nitrogen and oxygen atoms in total. The number of likely N-dealkylation sites (tertiary alicyclic amines) is 2. The number of likely N-dealkylation sites (N-methyl/N-ethyl adjacent to an activating group) is 2. The second-order valence-electron chi connectivity index (χ2n) is 8.57. The van der Waals surface area contributed by atoms with Gasteiger partial charge in [0.2, 0.25) is 5.91 Å². The third kappa shape index (κ3) is 5.08. The summed E-state index contributed by atoms with van der Waals surface area (Å²) in [5.74, 6) is 1.29. The Morgan fingerprint density at radius 2 is 1.73 bits per heavy atom. The van der Waals surface area contributed by atoms with Gasteiger partial charge in [0.15, 0.2) is 0 Å². The summed E-state index contributed by atoms with van der Waals surface area (Å²) >= 11 is 0. The van der Waals surface area contributed by atoms with E-state index in [1.165, 1.54) is 5.56 Å². The van der Waals surface area contributed by atoms with Crippen molar-refractivity contribution >= 4 is 5.91 Å². The molecule has 26 heavy (non-hydrogen) atoms. The molecule has 2 atom stereocenters. The van der Waals surface area contributed by atoms with Gasteiger partial charge >= 0.3 is 0 Å². The topological polar surface area (TPSA) is 26.8 Å². The number of piperidine rings is 1. The highest BCUT2D eigenvalue weighted by Gasteiger charge is 2.32. The van der Waals surface area contributed by atoms with Crippen molar-refractivity contribution in [1.29, 1.82) is 0 Å². The number of rotatable bonds is 4. The molecule has 4 heteroatoms. The van der Waals surface area contributed by atoms with Crippen LogP contribution >= 0.6 is 0 Å². The standard InChI is InChI=1S/C22H35N3O/c1-23(2)21-10-9-20(16-24(3)17-21)22(26)25-13-11-19(12-14-25)15-18-7-5-4-6-8-18/h4-8,19-21H,9-17H2,1-3H3/t20-,21+/m1/s1. The Morgan fingerprint density at radius 1 is 1.04 bits per heavy atom. The van der Waals surface area contributed by atoms with Gasteiger partial charge in [0, 0.05) is 32.2 Å². The molecule has 2 aliphatic rings. The molecule has 0 saturated carbocycles. The fraction of sp³-hybridized carbons (Fsp3) is 0.682. The SMILES string of the molecule is CN1C[C@H](C(=O)N2CCC(Cc3ccccc3)CC2)CC[C@H](N(C)C)C1. The van der Waals surface area contributed by atoms with E-state index in [4.69, 9.17) is 0 Å². The van der Waals surface area contributed by atoms with E-state index in [0.717, 1.165) is 64.2 Å². The Hall–Kier alpha value is -1.39. The van der Waals surface area contributed by atoms with Crippen molar-refractivity contribution in [3.8, 4) is 0 Å². The molecule has 0 bridgehead atoms. The van der Waals surface area contributed by atoms with E-state index in [9.17, 15) is 4.79 Å². The monoisotopic (exact) mass is 357 g/mol. The maximum Gasteiger partial charge on any atom is 0.226 e. The zero-order chi connectivity index (χ0) is 18.5. The average Bonchev–Trinajstić information content (AvgIpc) is 2.84. The molecule has 0 spiro atoms. The molecular weight excluding hydrogens is 322 g/mol. The average molecular weight is 358 g/mol. The number of nitrogens with zero attached hydrogens (tertiary/aromatic N) is 3. The highest BCUT2D eigenvalue weighted by molar-refractivity contribution is 5.79. The Labute approximate surface area is 159 Å². The Kier molecular flexibility index (Phi) is 6.71. The van der Waals surface area contributed by atoms with Crippen LogP contribution in [-0.4, -0.2) is 74.0 Å². The van der Waals surface area contributed by atoms with Crippen molar-refractivity contribution < 1.29 is 4.79 Å². The van der Waals surface area contributed by atoms with E-state index in [0.29, 0.717) is 11.9 Å². The molecule has 144 valence electrons. The zero-order valence-electron chi connectivity index (χ0n) is 16.7. The first-order valence-electron chi connectivity index (χ1n) is 10.2. The van der Waals surface area contributed by atoms with Crippen molar-refractivity contribution in [2.45, 2.75) is 38.1 Å². The van der Waals surface area contributed by atoms with Crippen molar-refractivity contribution in [1.82, 2.24) is 14.7 Å². The first-order valence-corrected chi connectivity index (χ1v) is 10.2. The van der Waals surface area contributed by atoms with Gasteiger partial charge in [-0.05, 0) is 64.7 Å². The molecule has 1 aromatic rings. The smallest absolute Gasteiger partial charge is 0.226 e. The van der Waals surface area contributed by atoms with E-state index in [-0.39, 0.29) is 5.92 Å². The van der Waals surface area contributed by atoms with Gasteiger partial charge in [-0.1, -0.05) is 30.3 Å². The van der Waals surface area contributed by atoms with Gasteiger partial charge in [-0.3, -0.25) is 4.79 Å². The van der Waals surface area contributed by atoms with E-state index < -0.39 is 0 Å². The molecule has 0 N–H and O–H groups in total. The minimum Gasteiger partial charge on any atom is -0.342 e. The lowest BCUT2D eigenvalue weighted by Crippen LogP contribution is -2.44. The van der Waals surface area contributed by atoms with Crippen molar-refractivity contribution in [3.63, 3.8) is 0 Å². The van der Waals surface area contributed by atoms with Gasteiger partial charge in [0.1, 0.15) is 0 Å². The van der Waals surface area contributed by atoms with E-state index >= 15 is 0 Å². The summed E-state index contributed by atoms with van der Waals surface area (Å²) in [4.78, 5) is 19.9. The number of amides is 1. The van der Waals surface area contributed by atoms with Gasteiger partial charge in [-0.25, -0.2) is 0 Å². The van der Waals surface area contributed by atoms with Crippen LogP contribution in [0.15, 0.2) is 30.3 Å². The predicted molar refractivity (Wildman–Crippen MR) is 107 cm³/mol. The van der Waals surface area contributed by atoms with Gasteiger partial charge < -0.3 is 14.7 Å². The van der Waals surface area contributed by atoms with Crippen LogP contribution in [-0.2, 0) is 11.2 Å². The summed E-state index contributed by atoms with van der Waals surface area (Å²) in [6.07, 6.45) is 5.58. The summed E-state index contributed by atoms with van der Waals surface area (Å²) in [7, 11) is 6.46. The lowest BCUT2D eigenvalue weighted by molar-refractivity contribution is -0.137. The summed E-state index contributed by atoms with van der Waals surface area (Å²) in [5, 5.41) is 0. The zero-order valence-corrected chi connectivity index (χ0v) is 16.7. The van der Waals surface area contributed by atoms with Gasteiger partial charge in [-0.2, -0.15) is 0 Å². The molecule has 0 aromatic heterocycles. The van der Waals surface area contributed by atoms with Gasteiger partial charge in [-0.15, -0.1) is 0 Å². The minimum absolute atomic E-state index is 0.177. The van der Waals surface area contributed by atoms with Crippen molar-refractivity contribution in [3.05, 3.63) is 35.9 Å². The van der Waals surface area contributed by atoms with Gasteiger partial charge in [0.05, 0.1) is 5.92 Å². The van der Waals surface area contributed by atoms with Crippen LogP contribution in [0.4, 0.5) is 0 Å². The third-order valence-electron chi connectivity index (χ3n) is 6.28. The lowest BCUT2D eigenvalue weighted by atomic mass is 9.89. The maximum atomic E-state index is 13.1. The first kappa shape index (κ1) is 19.4. The number of hydrogen-bond acceptors (Lipinski definition) is 3. The largest absolute Gasteiger partial charge is 0.342 e. The fourth-order valence-corrected chi connectivity index (χ4v) is 4.57. The number of carbonyl (C=O) groups excluding carboxylic acids is 1. The molecular formula is C22H35N3O. The summed E-state index contributed by atoms with van der Waals surface area (Å²) in [6.45, 7) is 3.85. The normalized spacial score (nSPS) is 26.1. The summed E-state index contributed by atoms with van der Waals surface area (Å²) in [6, 6.07) is 11.3. The molecule has 0 unspecified atom stereocenters. The van der Waals surface area contributed by atoms with Crippen LogP contribution in [0.1, 0.15) is 31.2 Å². The molecule has 0 aliphatic carbocycles. The number of carbonyl (C=O) groups is 1. The second kappa shape index (κ2) is 9.01.